The summed E-state index contributed by atoms with van der Waals surface area (Å²) in [6.45, 7) is -0.111. The summed E-state index contributed by atoms with van der Waals surface area (Å²) >= 11 is 0. The van der Waals surface area contributed by atoms with Crippen LogP contribution in [0.1, 0.15) is 0 Å². The van der Waals surface area contributed by atoms with Gasteiger partial charge in [-0.1, -0.05) is 0 Å². The van der Waals surface area contributed by atoms with E-state index in [4.69, 9.17) is 25.9 Å². The van der Waals surface area contributed by atoms with E-state index in [1.807, 2.05) is 0 Å². The van der Waals surface area contributed by atoms with E-state index in [1.165, 1.54) is 0 Å². The van der Waals surface area contributed by atoms with Gasteiger partial charge in [0.1, 0.15) is 48.8 Å². The molecule has 0 saturated carbocycles. The molecule has 0 aliphatic carbocycles. The van der Waals surface area contributed by atoms with Crippen molar-refractivity contribution in [3.05, 3.63) is 0 Å². The van der Waals surface area contributed by atoms with Crippen LogP contribution in [0.5, 0.6) is 0 Å². The second-order valence-corrected chi connectivity index (χ2v) is 5.98. The third kappa shape index (κ3) is 4.42. The smallest absolute Gasteiger partial charge is 0.189 e. The van der Waals surface area contributed by atoms with E-state index >= 15 is 0 Å². The standard InChI is InChI=1S/C12H26N4O9/c13-15-1-3-5(17)7(19)9(21)11(23-3)25-12-10(22)8(20)6(18)4(24-12)2-16-14/h3-12,15-22H,1-2,13-14H2/t3?,4?,5-,6-,7+,8+,9?,10?,11-,12-/m1/s1. The van der Waals surface area contributed by atoms with E-state index in [9.17, 15) is 30.6 Å². The lowest BCUT2D eigenvalue weighted by atomic mass is 9.97. The van der Waals surface area contributed by atoms with Crippen LogP contribution < -0.4 is 22.5 Å². The van der Waals surface area contributed by atoms with E-state index in [-0.39, 0.29) is 13.1 Å². The number of rotatable bonds is 6. The summed E-state index contributed by atoms with van der Waals surface area (Å²) in [6, 6.07) is 0. The molecule has 0 aromatic carbocycles. The average Bonchev–Trinajstić information content (AvgIpc) is 2.59. The van der Waals surface area contributed by atoms with Crippen molar-refractivity contribution in [1.29, 1.82) is 0 Å². The highest BCUT2D eigenvalue weighted by Gasteiger charge is 2.49. The molecule has 0 spiro atoms. The van der Waals surface area contributed by atoms with Crippen LogP contribution in [0, 0.1) is 0 Å². The normalized spacial score (nSPS) is 48.5. The Labute approximate surface area is 143 Å². The molecule has 10 atom stereocenters. The van der Waals surface area contributed by atoms with Crippen molar-refractivity contribution in [3.8, 4) is 0 Å². The first kappa shape index (κ1) is 20.8. The van der Waals surface area contributed by atoms with Crippen LogP contribution in [0.4, 0.5) is 0 Å². The van der Waals surface area contributed by atoms with Gasteiger partial charge in [0.25, 0.3) is 0 Å². The molecule has 0 radical (unpaired) electrons. The van der Waals surface area contributed by atoms with Crippen molar-refractivity contribution < 1.29 is 44.8 Å². The minimum absolute atomic E-state index is 0.0556. The average molecular weight is 370 g/mol. The lowest BCUT2D eigenvalue weighted by Crippen LogP contribution is -2.65. The van der Waals surface area contributed by atoms with Crippen molar-refractivity contribution in [2.75, 3.05) is 13.1 Å². The maximum Gasteiger partial charge on any atom is 0.189 e. The molecule has 2 aliphatic heterocycles. The third-order valence-electron chi connectivity index (χ3n) is 4.24. The van der Waals surface area contributed by atoms with Gasteiger partial charge in [-0.15, -0.1) is 0 Å². The van der Waals surface area contributed by atoms with Gasteiger partial charge in [-0.2, -0.15) is 0 Å². The zero-order valence-corrected chi connectivity index (χ0v) is 13.3. The molecule has 0 amide bonds. The number of hydrogen-bond acceptors (Lipinski definition) is 13. The first-order valence-corrected chi connectivity index (χ1v) is 7.73. The van der Waals surface area contributed by atoms with Gasteiger partial charge in [-0.25, -0.2) is 0 Å². The highest BCUT2D eigenvalue weighted by atomic mass is 16.8. The van der Waals surface area contributed by atoms with E-state index < -0.39 is 61.4 Å². The van der Waals surface area contributed by atoms with Gasteiger partial charge in [0.2, 0.25) is 0 Å². The predicted octanol–water partition coefficient (Wildman–Crippen LogP) is -6.46. The molecule has 4 unspecified atom stereocenters. The Kier molecular flexibility index (Phi) is 7.41. The van der Waals surface area contributed by atoms with Gasteiger partial charge in [0.05, 0.1) is 0 Å². The van der Waals surface area contributed by atoms with Crippen LogP contribution in [0.25, 0.3) is 0 Å². The molecule has 13 heteroatoms. The second kappa shape index (κ2) is 8.92. The number of aliphatic hydroxyl groups is 6. The van der Waals surface area contributed by atoms with Gasteiger partial charge >= 0.3 is 0 Å². The molecule has 0 aromatic rings. The van der Waals surface area contributed by atoms with Gasteiger partial charge in [-0.05, 0) is 0 Å². The van der Waals surface area contributed by atoms with Crippen LogP contribution >= 0.6 is 0 Å². The van der Waals surface area contributed by atoms with Crippen LogP contribution in [0.3, 0.4) is 0 Å². The quantitative estimate of drug-likeness (QED) is 0.155. The number of hydrazine groups is 2. The molecule has 2 fully saturated rings. The number of nitrogens with one attached hydrogen (secondary N) is 2. The van der Waals surface area contributed by atoms with Crippen molar-refractivity contribution in [2.24, 2.45) is 11.7 Å². The largest absolute Gasteiger partial charge is 0.388 e. The van der Waals surface area contributed by atoms with E-state index in [0.717, 1.165) is 0 Å². The van der Waals surface area contributed by atoms with Gasteiger partial charge < -0.3 is 44.8 Å². The minimum atomic E-state index is -1.66. The van der Waals surface area contributed by atoms with Crippen LogP contribution in [-0.4, -0.2) is 105 Å². The van der Waals surface area contributed by atoms with E-state index in [2.05, 4.69) is 10.9 Å². The Morgan fingerprint density at radius 2 is 1.00 bits per heavy atom. The molecule has 2 heterocycles. The van der Waals surface area contributed by atoms with Crippen molar-refractivity contribution in [3.63, 3.8) is 0 Å². The fourth-order valence-electron chi connectivity index (χ4n) is 2.76. The molecular formula is C12H26N4O9. The SMILES string of the molecule is NNCC1O[C@H](O[C@H]2OC(CNN)[C@@H](O)[C@H](O)C2O)C(O)[C@@H](O)[C@@H]1O. The summed E-state index contributed by atoms with van der Waals surface area (Å²) in [5.74, 6) is 10.3. The highest BCUT2D eigenvalue weighted by Crippen LogP contribution is 2.27. The molecule has 2 saturated heterocycles. The monoisotopic (exact) mass is 370 g/mol. The molecular weight excluding hydrogens is 344 g/mol. The van der Waals surface area contributed by atoms with E-state index in [0.29, 0.717) is 0 Å². The van der Waals surface area contributed by atoms with E-state index in [1.54, 1.807) is 0 Å². The van der Waals surface area contributed by atoms with Gasteiger partial charge in [-0.3, -0.25) is 22.5 Å². The van der Waals surface area contributed by atoms with Crippen LogP contribution in [0.2, 0.25) is 0 Å². The second-order valence-electron chi connectivity index (χ2n) is 5.98. The Hall–Kier alpha value is -0.520. The first-order chi connectivity index (χ1) is 11.8. The Balaban J connectivity index is 2.07. The molecule has 13 nitrogen and oxygen atoms in total. The van der Waals surface area contributed by atoms with Crippen molar-refractivity contribution in [1.82, 2.24) is 10.9 Å². The zero-order valence-electron chi connectivity index (χ0n) is 13.3. The maximum absolute atomic E-state index is 10.0. The molecule has 12 N–H and O–H groups in total. The van der Waals surface area contributed by atoms with Crippen LogP contribution in [-0.2, 0) is 14.2 Å². The molecule has 2 rings (SSSR count). The predicted molar refractivity (Wildman–Crippen MR) is 78.8 cm³/mol. The van der Waals surface area contributed by atoms with Crippen molar-refractivity contribution in [2.45, 2.75) is 61.4 Å². The fraction of sp³-hybridized carbons (Fsp3) is 1.00. The number of ether oxygens (including phenoxy) is 3. The minimum Gasteiger partial charge on any atom is -0.388 e. The van der Waals surface area contributed by atoms with Gasteiger partial charge in [0, 0.05) is 13.1 Å². The number of aliphatic hydroxyl groups excluding tert-OH is 6. The lowest BCUT2D eigenvalue weighted by Gasteiger charge is -2.45. The van der Waals surface area contributed by atoms with Crippen LogP contribution in [0.15, 0.2) is 0 Å². The molecule has 148 valence electrons. The zero-order chi connectivity index (χ0) is 18.7. The summed E-state index contributed by atoms with van der Waals surface area (Å²) in [7, 11) is 0. The van der Waals surface area contributed by atoms with Crippen molar-refractivity contribution >= 4 is 0 Å². The Bertz CT molecular complexity index is 386. The first-order valence-electron chi connectivity index (χ1n) is 7.73. The summed E-state index contributed by atoms with van der Waals surface area (Å²) < 4.78 is 16.0. The maximum atomic E-state index is 10.0. The Morgan fingerprint density at radius 1 is 0.640 bits per heavy atom. The third-order valence-corrected chi connectivity index (χ3v) is 4.24. The summed E-state index contributed by atoms with van der Waals surface area (Å²) in [5, 5.41) is 59.5. The molecule has 0 aromatic heterocycles. The molecule has 2 aliphatic rings. The fourth-order valence-corrected chi connectivity index (χ4v) is 2.76. The Morgan fingerprint density at radius 3 is 1.32 bits per heavy atom. The van der Waals surface area contributed by atoms with Gasteiger partial charge in [0.15, 0.2) is 12.6 Å². The highest BCUT2D eigenvalue weighted by molar-refractivity contribution is 4.93. The summed E-state index contributed by atoms with van der Waals surface area (Å²) in [6.07, 6.45) is -14.4. The molecule has 25 heavy (non-hydrogen) atoms. The molecule has 0 bridgehead atoms. The number of hydrogen-bond donors (Lipinski definition) is 10. The summed E-state index contributed by atoms with van der Waals surface area (Å²) in [4.78, 5) is 0. The summed E-state index contributed by atoms with van der Waals surface area (Å²) in [5.41, 5.74) is 4.53. The number of nitrogens with two attached hydrogens (primary N) is 2. The lowest BCUT2D eigenvalue weighted by molar-refractivity contribution is -0.372. The topological polar surface area (TPSA) is 225 Å².